The van der Waals surface area contributed by atoms with Crippen molar-refractivity contribution in [3.63, 3.8) is 0 Å². The largest absolute Gasteiger partial charge is 0.393 e. The Labute approximate surface area is 156 Å². The highest BCUT2D eigenvalue weighted by atomic mass is 16.5. The van der Waals surface area contributed by atoms with E-state index in [9.17, 15) is 5.11 Å². The number of rotatable bonds is 4. The molecule has 3 aliphatic heterocycles. The van der Waals surface area contributed by atoms with E-state index in [0.717, 1.165) is 77.0 Å². The molecule has 3 aliphatic rings. The molecule has 2 saturated heterocycles. The van der Waals surface area contributed by atoms with Gasteiger partial charge in [-0.25, -0.2) is 4.98 Å². The van der Waals surface area contributed by atoms with E-state index in [4.69, 9.17) is 14.7 Å². The first-order valence-corrected chi connectivity index (χ1v) is 9.90. The number of fused-ring (bicyclic) bond motifs is 1. The molecule has 1 aromatic rings. The van der Waals surface area contributed by atoms with Crippen molar-refractivity contribution in [3.8, 4) is 0 Å². The number of aliphatic hydroxyl groups excluding tert-OH is 1. The second kappa shape index (κ2) is 7.66. The average molecular weight is 361 g/mol. The molecule has 0 bridgehead atoms. The number of piperidine rings is 1. The molecular weight excluding hydrogens is 330 g/mol. The smallest absolute Gasteiger partial charge is 0.227 e. The lowest BCUT2D eigenvalue weighted by molar-refractivity contribution is 0.145. The van der Waals surface area contributed by atoms with Gasteiger partial charge in [0.25, 0.3) is 0 Å². The minimum absolute atomic E-state index is 0.170. The van der Waals surface area contributed by atoms with E-state index >= 15 is 0 Å². The van der Waals surface area contributed by atoms with Crippen molar-refractivity contribution in [1.82, 2.24) is 14.9 Å². The van der Waals surface area contributed by atoms with Crippen LogP contribution in [0.1, 0.15) is 30.5 Å². The molecule has 0 radical (unpaired) electrons. The van der Waals surface area contributed by atoms with Crippen LogP contribution in [0.2, 0.25) is 0 Å². The molecule has 0 aromatic carbocycles. The van der Waals surface area contributed by atoms with Crippen molar-refractivity contribution in [2.45, 2.75) is 38.3 Å². The second-order valence-electron chi connectivity index (χ2n) is 8.10. The quantitative estimate of drug-likeness (QED) is 0.855. The molecule has 7 heteroatoms. The van der Waals surface area contributed by atoms with Crippen LogP contribution in [-0.4, -0.2) is 79.6 Å². The van der Waals surface area contributed by atoms with Crippen molar-refractivity contribution in [2.75, 3.05) is 63.3 Å². The number of hydrogen-bond donors (Lipinski definition) is 1. The highest BCUT2D eigenvalue weighted by Crippen LogP contribution is 2.31. The molecule has 4 rings (SSSR count). The van der Waals surface area contributed by atoms with Gasteiger partial charge in [0.2, 0.25) is 5.95 Å². The Morgan fingerprint density at radius 2 is 1.96 bits per heavy atom. The summed E-state index contributed by atoms with van der Waals surface area (Å²) < 4.78 is 5.55. The summed E-state index contributed by atoms with van der Waals surface area (Å²) in [5.74, 6) is 2.53. The Bertz CT molecular complexity index is 625. The first-order chi connectivity index (χ1) is 12.6. The molecule has 2 fully saturated rings. The number of hydrogen-bond acceptors (Lipinski definition) is 7. The standard InChI is InChI=1S/C19H31N5O2/c1-22(2)19-20-17-5-7-23(11-14-6-10-26-13-14)12-16(17)18(21-19)24-8-3-15(25)4-9-24/h14-15,25H,3-13H2,1-2H3/t14-/m1/s1. The van der Waals surface area contributed by atoms with E-state index in [0.29, 0.717) is 5.92 Å². The van der Waals surface area contributed by atoms with Gasteiger partial charge in [-0.2, -0.15) is 4.98 Å². The third-order valence-corrected chi connectivity index (χ3v) is 5.81. The van der Waals surface area contributed by atoms with E-state index < -0.39 is 0 Å². The number of aromatic nitrogens is 2. The monoisotopic (exact) mass is 361 g/mol. The summed E-state index contributed by atoms with van der Waals surface area (Å²) in [6, 6.07) is 0. The van der Waals surface area contributed by atoms with Crippen LogP contribution in [-0.2, 0) is 17.7 Å². The fraction of sp³-hybridized carbons (Fsp3) is 0.789. The Morgan fingerprint density at radius 3 is 2.65 bits per heavy atom. The van der Waals surface area contributed by atoms with Crippen LogP contribution >= 0.6 is 0 Å². The summed E-state index contributed by atoms with van der Waals surface area (Å²) in [4.78, 5) is 16.6. The molecule has 26 heavy (non-hydrogen) atoms. The van der Waals surface area contributed by atoms with Gasteiger partial charge in [-0.15, -0.1) is 0 Å². The van der Waals surface area contributed by atoms with Crippen LogP contribution < -0.4 is 9.80 Å². The molecule has 0 unspecified atom stereocenters. The summed E-state index contributed by atoms with van der Waals surface area (Å²) in [5, 5.41) is 9.87. The van der Waals surface area contributed by atoms with E-state index in [1.165, 1.54) is 17.7 Å². The van der Waals surface area contributed by atoms with Gasteiger partial charge in [0.1, 0.15) is 5.82 Å². The van der Waals surface area contributed by atoms with Crippen LogP contribution in [0.25, 0.3) is 0 Å². The zero-order chi connectivity index (χ0) is 18.1. The molecule has 0 amide bonds. The molecule has 4 heterocycles. The highest BCUT2D eigenvalue weighted by Gasteiger charge is 2.29. The normalized spacial score (nSPS) is 24.7. The molecule has 1 aromatic heterocycles. The molecule has 0 saturated carbocycles. The van der Waals surface area contributed by atoms with Gasteiger partial charge in [0, 0.05) is 65.4 Å². The summed E-state index contributed by atoms with van der Waals surface area (Å²) in [6.45, 7) is 6.64. The Hall–Kier alpha value is -1.44. The number of aliphatic hydroxyl groups is 1. The fourth-order valence-corrected chi connectivity index (χ4v) is 4.23. The van der Waals surface area contributed by atoms with Crippen molar-refractivity contribution in [3.05, 3.63) is 11.3 Å². The molecular formula is C19H31N5O2. The lowest BCUT2D eigenvalue weighted by atomic mass is 10.0. The first-order valence-electron chi connectivity index (χ1n) is 9.90. The van der Waals surface area contributed by atoms with Crippen LogP contribution in [0, 0.1) is 5.92 Å². The van der Waals surface area contributed by atoms with Crippen LogP contribution in [0.4, 0.5) is 11.8 Å². The van der Waals surface area contributed by atoms with Gasteiger partial charge in [-0.05, 0) is 25.2 Å². The molecule has 0 spiro atoms. The highest BCUT2D eigenvalue weighted by molar-refractivity contribution is 5.54. The van der Waals surface area contributed by atoms with E-state index in [1.807, 2.05) is 19.0 Å². The van der Waals surface area contributed by atoms with Crippen LogP contribution in [0.15, 0.2) is 0 Å². The van der Waals surface area contributed by atoms with E-state index in [2.05, 4.69) is 9.80 Å². The lowest BCUT2D eigenvalue weighted by Gasteiger charge is -2.36. The molecule has 0 aliphatic carbocycles. The van der Waals surface area contributed by atoms with E-state index in [-0.39, 0.29) is 6.10 Å². The van der Waals surface area contributed by atoms with Gasteiger partial charge in [-0.3, -0.25) is 4.90 Å². The minimum Gasteiger partial charge on any atom is -0.393 e. The lowest BCUT2D eigenvalue weighted by Crippen LogP contribution is -2.40. The molecule has 7 nitrogen and oxygen atoms in total. The molecule has 1 atom stereocenters. The Morgan fingerprint density at radius 1 is 1.15 bits per heavy atom. The molecule has 1 N–H and O–H groups in total. The van der Waals surface area contributed by atoms with Crippen LogP contribution in [0.5, 0.6) is 0 Å². The maximum Gasteiger partial charge on any atom is 0.227 e. The predicted molar refractivity (Wildman–Crippen MR) is 102 cm³/mol. The summed E-state index contributed by atoms with van der Waals surface area (Å²) in [5.41, 5.74) is 2.49. The van der Waals surface area contributed by atoms with Gasteiger partial charge in [0.15, 0.2) is 0 Å². The average Bonchev–Trinajstić information content (AvgIpc) is 3.14. The van der Waals surface area contributed by atoms with Gasteiger partial charge >= 0.3 is 0 Å². The van der Waals surface area contributed by atoms with Crippen molar-refractivity contribution < 1.29 is 9.84 Å². The van der Waals surface area contributed by atoms with Gasteiger partial charge < -0.3 is 19.6 Å². The second-order valence-corrected chi connectivity index (χ2v) is 8.10. The molecule has 144 valence electrons. The number of nitrogens with zero attached hydrogens (tertiary/aromatic N) is 5. The maximum absolute atomic E-state index is 9.87. The van der Waals surface area contributed by atoms with E-state index in [1.54, 1.807) is 0 Å². The Kier molecular flexibility index (Phi) is 5.29. The zero-order valence-corrected chi connectivity index (χ0v) is 16.0. The number of anilines is 2. The minimum atomic E-state index is -0.170. The van der Waals surface area contributed by atoms with Gasteiger partial charge in [0.05, 0.1) is 18.4 Å². The van der Waals surface area contributed by atoms with Crippen LogP contribution in [0.3, 0.4) is 0 Å². The topological polar surface area (TPSA) is 65.0 Å². The third kappa shape index (κ3) is 3.80. The predicted octanol–water partition coefficient (Wildman–Crippen LogP) is 0.898. The Balaban J connectivity index is 1.58. The summed E-state index contributed by atoms with van der Waals surface area (Å²) in [6.07, 6.45) is 3.63. The third-order valence-electron chi connectivity index (χ3n) is 5.81. The zero-order valence-electron chi connectivity index (χ0n) is 16.0. The van der Waals surface area contributed by atoms with Gasteiger partial charge in [-0.1, -0.05) is 0 Å². The fourth-order valence-electron chi connectivity index (χ4n) is 4.23. The van der Waals surface area contributed by atoms with Crippen molar-refractivity contribution >= 4 is 11.8 Å². The van der Waals surface area contributed by atoms with Crippen molar-refractivity contribution in [1.29, 1.82) is 0 Å². The first kappa shape index (κ1) is 17.9. The summed E-state index contributed by atoms with van der Waals surface area (Å²) in [7, 11) is 4.00. The number of ether oxygens (including phenoxy) is 1. The summed E-state index contributed by atoms with van der Waals surface area (Å²) >= 11 is 0. The van der Waals surface area contributed by atoms with Crippen molar-refractivity contribution in [2.24, 2.45) is 5.92 Å². The SMILES string of the molecule is CN(C)c1nc2c(c(N3CCC(O)CC3)n1)CN(C[C@H]1CCOC1)CC2. The maximum atomic E-state index is 9.87.